The summed E-state index contributed by atoms with van der Waals surface area (Å²) < 4.78 is 5.86. The molecule has 30 heavy (non-hydrogen) atoms. The molecule has 6 heteroatoms. The first kappa shape index (κ1) is 20.4. The Morgan fingerprint density at radius 1 is 1.00 bits per heavy atom. The highest BCUT2D eigenvalue weighted by Gasteiger charge is 2.12. The summed E-state index contributed by atoms with van der Waals surface area (Å²) in [6.45, 7) is 0.349. The van der Waals surface area contributed by atoms with Gasteiger partial charge in [0, 0.05) is 11.3 Å². The molecule has 6 nitrogen and oxygen atoms in total. The average molecular weight is 398 g/mol. The van der Waals surface area contributed by atoms with Gasteiger partial charge in [0.15, 0.2) is 0 Å². The van der Waals surface area contributed by atoms with Crippen LogP contribution in [0.1, 0.15) is 21.5 Å². The van der Waals surface area contributed by atoms with Crippen LogP contribution in [0, 0.1) is 11.3 Å². The highest BCUT2D eigenvalue weighted by molar-refractivity contribution is 6.10. The number of benzene rings is 3. The van der Waals surface area contributed by atoms with Crippen molar-refractivity contribution in [3.8, 4) is 11.8 Å². The molecule has 0 heterocycles. The van der Waals surface area contributed by atoms with Crippen molar-refractivity contribution in [1.29, 1.82) is 5.26 Å². The maximum atomic E-state index is 12.5. The number of hydrogen-bond donors (Lipinski definition) is 2. The van der Waals surface area contributed by atoms with Gasteiger partial charge in [-0.15, -0.1) is 0 Å². The number of rotatable bonds is 7. The Morgan fingerprint density at radius 2 is 1.73 bits per heavy atom. The van der Waals surface area contributed by atoms with Gasteiger partial charge >= 0.3 is 5.97 Å². The molecule has 3 aromatic rings. The molecule has 0 aliphatic rings. The second-order valence-corrected chi connectivity index (χ2v) is 6.32. The number of nitrogens with one attached hydrogen (secondary N) is 1. The van der Waals surface area contributed by atoms with Crippen molar-refractivity contribution in [3.63, 3.8) is 0 Å². The molecule has 0 spiro atoms. The van der Waals surface area contributed by atoms with Gasteiger partial charge in [0.1, 0.15) is 24.0 Å². The van der Waals surface area contributed by atoms with Crippen molar-refractivity contribution in [2.24, 2.45) is 0 Å². The van der Waals surface area contributed by atoms with Crippen molar-refractivity contribution in [3.05, 3.63) is 101 Å². The van der Waals surface area contributed by atoms with Crippen LogP contribution in [0.25, 0.3) is 6.08 Å². The van der Waals surface area contributed by atoms with Crippen molar-refractivity contribution >= 4 is 23.6 Å². The minimum Gasteiger partial charge on any atom is -0.488 e. The Morgan fingerprint density at radius 3 is 2.47 bits per heavy atom. The number of aromatic carboxylic acids is 1. The van der Waals surface area contributed by atoms with E-state index in [9.17, 15) is 14.9 Å². The molecular weight excluding hydrogens is 380 g/mol. The third kappa shape index (κ3) is 5.33. The van der Waals surface area contributed by atoms with E-state index in [2.05, 4.69) is 5.32 Å². The molecule has 0 aliphatic heterocycles. The van der Waals surface area contributed by atoms with E-state index in [1.165, 1.54) is 24.3 Å². The quantitative estimate of drug-likeness (QED) is 0.451. The number of nitrogens with zero attached hydrogens (tertiary/aromatic N) is 1. The van der Waals surface area contributed by atoms with E-state index in [1.807, 2.05) is 36.4 Å². The molecule has 0 saturated heterocycles. The van der Waals surface area contributed by atoms with Gasteiger partial charge in [0.05, 0.1) is 5.56 Å². The van der Waals surface area contributed by atoms with E-state index in [4.69, 9.17) is 9.84 Å². The third-order valence-corrected chi connectivity index (χ3v) is 4.19. The summed E-state index contributed by atoms with van der Waals surface area (Å²) >= 11 is 0. The lowest BCUT2D eigenvalue weighted by molar-refractivity contribution is -0.112. The molecule has 0 fully saturated rings. The summed E-state index contributed by atoms with van der Waals surface area (Å²) in [6.07, 6.45) is 1.44. The van der Waals surface area contributed by atoms with Crippen LogP contribution in [0.3, 0.4) is 0 Å². The highest BCUT2D eigenvalue weighted by Crippen LogP contribution is 2.23. The molecule has 0 bridgehead atoms. The zero-order valence-corrected chi connectivity index (χ0v) is 15.9. The van der Waals surface area contributed by atoms with Gasteiger partial charge in [0.2, 0.25) is 0 Å². The van der Waals surface area contributed by atoms with Gasteiger partial charge in [0.25, 0.3) is 5.91 Å². The largest absolute Gasteiger partial charge is 0.488 e. The van der Waals surface area contributed by atoms with Crippen LogP contribution in [0.5, 0.6) is 5.75 Å². The minimum atomic E-state index is -1.10. The lowest BCUT2D eigenvalue weighted by Gasteiger charge is -2.10. The fraction of sp³-hybridized carbons (Fsp3) is 0.0417. The average Bonchev–Trinajstić information content (AvgIpc) is 2.77. The molecule has 3 rings (SSSR count). The van der Waals surface area contributed by atoms with E-state index < -0.39 is 11.9 Å². The fourth-order valence-corrected chi connectivity index (χ4v) is 2.70. The molecule has 0 aromatic heterocycles. The Hall–Kier alpha value is -4.37. The normalized spacial score (nSPS) is 10.7. The lowest BCUT2D eigenvalue weighted by Crippen LogP contribution is -2.14. The van der Waals surface area contributed by atoms with E-state index in [0.717, 1.165) is 5.56 Å². The van der Waals surface area contributed by atoms with Gasteiger partial charge in [-0.25, -0.2) is 4.79 Å². The van der Waals surface area contributed by atoms with Crippen LogP contribution < -0.4 is 10.1 Å². The third-order valence-electron chi connectivity index (χ3n) is 4.19. The number of carbonyl (C=O) groups excluding carboxylic acids is 1. The zero-order valence-electron chi connectivity index (χ0n) is 15.9. The number of para-hydroxylation sites is 1. The lowest BCUT2D eigenvalue weighted by atomic mass is 10.1. The number of carbonyl (C=O) groups is 2. The number of nitriles is 1. The first-order valence-corrected chi connectivity index (χ1v) is 9.09. The summed E-state index contributed by atoms with van der Waals surface area (Å²) in [6, 6.07) is 24.4. The molecule has 0 saturated carbocycles. The molecule has 3 aromatic carbocycles. The number of anilines is 1. The topological polar surface area (TPSA) is 99.4 Å². The summed E-state index contributed by atoms with van der Waals surface area (Å²) in [4.78, 5) is 23.6. The van der Waals surface area contributed by atoms with Crippen molar-refractivity contribution in [1.82, 2.24) is 0 Å². The number of amides is 1. The first-order chi connectivity index (χ1) is 14.6. The number of hydrogen-bond acceptors (Lipinski definition) is 4. The van der Waals surface area contributed by atoms with Crippen LogP contribution in [-0.2, 0) is 11.4 Å². The van der Waals surface area contributed by atoms with Crippen LogP contribution in [0.4, 0.5) is 5.69 Å². The van der Waals surface area contributed by atoms with Crippen LogP contribution in [0.2, 0.25) is 0 Å². The van der Waals surface area contributed by atoms with Crippen LogP contribution >= 0.6 is 0 Å². The summed E-state index contributed by atoms with van der Waals surface area (Å²) in [5.74, 6) is -1.21. The Labute approximate surface area is 173 Å². The minimum absolute atomic E-state index is 0.0370. The second-order valence-electron chi connectivity index (χ2n) is 6.32. The number of ether oxygens (including phenoxy) is 1. The zero-order chi connectivity index (χ0) is 21.3. The molecule has 0 radical (unpaired) electrons. The van der Waals surface area contributed by atoms with E-state index in [-0.39, 0.29) is 16.8 Å². The van der Waals surface area contributed by atoms with E-state index in [0.29, 0.717) is 17.9 Å². The maximum Gasteiger partial charge on any atom is 0.335 e. The van der Waals surface area contributed by atoms with Crippen molar-refractivity contribution in [2.75, 3.05) is 5.32 Å². The van der Waals surface area contributed by atoms with Crippen molar-refractivity contribution in [2.45, 2.75) is 6.61 Å². The molecule has 1 amide bonds. The van der Waals surface area contributed by atoms with Gasteiger partial charge < -0.3 is 15.2 Å². The maximum absolute atomic E-state index is 12.5. The Kier molecular flexibility index (Phi) is 6.59. The van der Waals surface area contributed by atoms with Gasteiger partial charge in [-0.05, 0) is 35.9 Å². The predicted molar refractivity (Wildman–Crippen MR) is 113 cm³/mol. The molecule has 148 valence electrons. The fourth-order valence-electron chi connectivity index (χ4n) is 2.70. The Balaban J connectivity index is 1.79. The monoisotopic (exact) mass is 398 g/mol. The summed E-state index contributed by atoms with van der Waals surface area (Å²) in [5.41, 5.74) is 1.77. The molecule has 2 N–H and O–H groups in total. The summed E-state index contributed by atoms with van der Waals surface area (Å²) in [5, 5.41) is 21.1. The number of carboxylic acids is 1. The summed E-state index contributed by atoms with van der Waals surface area (Å²) in [7, 11) is 0. The molecule has 0 unspecified atom stereocenters. The van der Waals surface area contributed by atoms with E-state index in [1.54, 1.807) is 30.3 Å². The molecule has 0 atom stereocenters. The predicted octanol–water partition coefficient (Wildman–Crippen LogP) is 4.51. The van der Waals surface area contributed by atoms with Gasteiger partial charge in [-0.1, -0.05) is 54.6 Å². The SMILES string of the molecule is N#C/C(=C/c1ccccc1OCc1ccccc1)C(=O)Nc1cccc(C(=O)O)c1. The van der Waals surface area contributed by atoms with Crippen LogP contribution in [0.15, 0.2) is 84.4 Å². The molecule has 0 aliphatic carbocycles. The standard InChI is InChI=1S/C24H18N2O4/c25-15-20(23(27)26-21-11-6-10-19(14-21)24(28)29)13-18-9-4-5-12-22(18)30-16-17-7-2-1-3-8-17/h1-14H,16H2,(H,26,27)(H,28,29)/b20-13-. The van der Waals surface area contributed by atoms with Crippen LogP contribution in [-0.4, -0.2) is 17.0 Å². The van der Waals surface area contributed by atoms with Gasteiger partial charge in [-0.3, -0.25) is 4.79 Å². The van der Waals surface area contributed by atoms with Crippen molar-refractivity contribution < 1.29 is 19.4 Å². The highest BCUT2D eigenvalue weighted by atomic mass is 16.5. The first-order valence-electron chi connectivity index (χ1n) is 9.09. The second kappa shape index (κ2) is 9.71. The van der Waals surface area contributed by atoms with Gasteiger partial charge in [-0.2, -0.15) is 5.26 Å². The number of carboxylic acid groups (broad SMARTS) is 1. The van der Waals surface area contributed by atoms with E-state index >= 15 is 0 Å². The Bertz CT molecular complexity index is 1130. The molecular formula is C24H18N2O4. The smallest absolute Gasteiger partial charge is 0.335 e.